The van der Waals surface area contributed by atoms with Crippen molar-refractivity contribution in [2.45, 2.75) is 6.42 Å². The molecule has 8 heteroatoms. The summed E-state index contributed by atoms with van der Waals surface area (Å²) in [7, 11) is 0. The van der Waals surface area contributed by atoms with Crippen LogP contribution in [0.5, 0.6) is 0 Å². The lowest BCUT2D eigenvalue weighted by Gasteiger charge is -2.22. The first-order valence-corrected chi connectivity index (χ1v) is 6.88. The standard InChI is InChI=1S/C12H19N7O/c13-2-5-17-3-1-4-18(7-6-17)10-8-11-15-16-12(20)19(11)9-14-10/h8-9H,1-7,13H2,(H,16,20). The van der Waals surface area contributed by atoms with E-state index < -0.39 is 0 Å². The van der Waals surface area contributed by atoms with E-state index in [0.717, 1.165) is 45.0 Å². The van der Waals surface area contributed by atoms with Gasteiger partial charge >= 0.3 is 5.69 Å². The Morgan fingerprint density at radius 1 is 1.30 bits per heavy atom. The maximum atomic E-state index is 11.4. The van der Waals surface area contributed by atoms with Gasteiger partial charge in [0.05, 0.1) is 0 Å². The third-order valence-electron chi connectivity index (χ3n) is 3.65. The number of fused-ring (bicyclic) bond motifs is 1. The van der Waals surface area contributed by atoms with Crippen LogP contribution >= 0.6 is 0 Å². The van der Waals surface area contributed by atoms with E-state index in [1.807, 2.05) is 6.07 Å². The Balaban J connectivity index is 1.78. The van der Waals surface area contributed by atoms with Gasteiger partial charge < -0.3 is 15.5 Å². The van der Waals surface area contributed by atoms with Gasteiger partial charge in [0.1, 0.15) is 12.1 Å². The Morgan fingerprint density at radius 2 is 2.20 bits per heavy atom. The van der Waals surface area contributed by atoms with Crippen molar-refractivity contribution in [1.29, 1.82) is 0 Å². The monoisotopic (exact) mass is 277 g/mol. The molecule has 108 valence electrons. The molecule has 1 saturated heterocycles. The number of nitrogens with zero attached hydrogens (tertiary/aromatic N) is 5. The van der Waals surface area contributed by atoms with E-state index in [4.69, 9.17) is 5.73 Å². The van der Waals surface area contributed by atoms with Gasteiger partial charge in [-0.2, -0.15) is 5.10 Å². The zero-order chi connectivity index (χ0) is 13.9. The third-order valence-corrected chi connectivity index (χ3v) is 3.65. The lowest BCUT2D eigenvalue weighted by atomic mass is 10.3. The molecule has 0 bridgehead atoms. The molecular weight excluding hydrogens is 258 g/mol. The number of rotatable bonds is 3. The van der Waals surface area contributed by atoms with E-state index in [2.05, 4.69) is 25.0 Å². The highest BCUT2D eigenvalue weighted by atomic mass is 16.1. The summed E-state index contributed by atoms with van der Waals surface area (Å²) in [5, 5.41) is 6.39. The molecule has 3 rings (SSSR count). The van der Waals surface area contributed by atoms with E-state index in [1.54, 1.807) is 0 Å². The second-order valence-corrected chi connectivity index (χ2v) is 4.97. The Labute approximate surface area is 116 Å². The largest absolute Gasteiger partial charge is 0.355 e. The van der Waals surface area contributed by atoms with Crippen molar-refractivity contribution in [3.63, 3.8) is 0 Å². The minimum atomic E-state index is -0.260. The van der Waals surface area contributed by atoms with Crippen LogP contribution < -0.4 is 16.3 Å². The lowest BCUT2D eigenvalue weighted by molar-refractivity contribution is 0.302. The maximum Gasteiger partial charge on any atom is 0.348 e. The number of H-pyrrole nitrogens is 1. The van der Waals surface area contributed by atoms with Crippen LogP contribution in [0.1, 0.15) is 6.42 Å². The van der Waals surface area contributed by atoms with Gasteiger partial charge in [-0.05, 0) is 13.0 Å². The number of hydrogen-bond acceptors (Lipinski definition) is 6. The van der Waals surface area contributed by atoms with E-state index in [1.165, 1.54) is 10.7 Å². The van der Waals surface area contributed by atoms with Crippen molar-refractivity contribution in [1.82, 2.24) is 24.5 Å². The Kier molecular flexibility index (Phi) is 3.66. The van der Waals surface area contributed by atoms with E-state index in [9.17, 15) is 4.79 Å². The fourth-order valence-electron chi connectivity index (χ4n) is 2.58. The number of aromatic amines is 1. The predicted octanol–water partition coefficient (Wildman–Crippen LogP) is -1.11. The Morgan fingerprint density at radius 3 is 3.05 bits per heavy atom. The normalized spacial score (nSPS) is 17.6. The van der Waals surface area contributed by atoms with E-state index in [0.29, 0.717) is 12.2 Å². The van der Waals surface area contributed by atoms with Gasteiger partial charge in [0.15, 0.2) is 5.65 Å². The molecule has 0 aliphatic carbocycles. The molecule has 3 N–H and O–H groups in total. The average molecular weight is 277 g/mol. The summed E-state index contributed by atoms with van der Waals surface area (Å²) in [5.74, 6) is 0.867. The lowest BCUT2D eigenvalue weighted by Crippen LogP contribution is -2.34. The molecular formula is C12H19N7O. The quantitative estimate of drug-likeness (QED) is 0.738. The smallest absolute Gasteiger partial charge is 0.348 e. The van der Waals surface area contributed by atoms with Gasteiger partial charge in [-0.3, -0.25) is 0 Å². The van der Waals surface area contributed by atoms with Crippen molar-refractivity contribution in [2.75, 3.05) is 44.2 Å². The molecule has 0 radical (unpaired) electrons. The highest BCUT2D eigenvalue weighted by Crippen LogP contribution is 2.14. The first-order chi connectivity index (χ1) is 9.78. The Hall–Kier alpha value is -1.93. The van der Waals surface area contributed by atoms with Crippen LogP contribution in [0.4, 0.5) is 5.82 Å². The molecule has 0 aromatic carbocycles. The summed E-state index contributed by atoms with van der Waals surface area (Å²) in [6.45, 7) is 5.56. The second-order valence-electron chi connectivity index (χ2n) is 4.97. The number of hydrogen-bond donors (Lipinski definition) is 2. The highest BCUT2D eigenvalue weighted by molar-refractivity contribution is 5.50. The van der Waals surface area contributed by atoms with Gasteiger partial charge in [0, 0.05) is 38.8 Å². The van der Waals surface area contributed by atoms with Crippen LogP contribution in [0.15, 0.2) is 17.2 Å². The van der Waals surface area contributed by atoms with Crippen LogP contribution in [0, 0.1) is 0 Å². The minimum Gasteiger partial charge on any atom is -0.355 e. The summed E-state index contributed by atoms with van der Waals surface area (Å²) in [4.78, 5) is 20.4. The summed E-state index contributed by atoms with van der Waals surface area (Å²) in [6.07, 6.45) is 2.61. The predicted molar refractivity (Wildman–Crippen MR) is 75.9 cm³/mol. The van der Waals surface area contributed by atoms with Crippen molar-refractivity contribution in [3.05, 3.63) is 22.9 Å². The zero-order valence-corrected chi connectivity index (χ0v) is 11.3. The molecule has 0 unspecified atom stereocenters. The van der Waals surface area contributed by atoms with Crippen LogP contribution in [-0.2, 0) is 0 Å². The number of nitrogens with one attached hydrogen (secondary N) is 1. The zero-order valence-electron chi connectivity index (χ0n) is 11.3. The Bertz CT molecular complexity index is 634. The summed E-state index contributed by atoms with van der Waals surface area (Å²) < 4.78 is 1.40. The molecule has 0 spiro atoms. The van der Waals surface area contributed by atoms with Gasteiger partial charge in [-0.25, -0.2) is 19.3 Å². The molecule has 20 heavy (non-hydrogen) atoms. The number of anilines is 1. The molecule has 1 fully saturated rings. The molecule has 2 aromatic heterocycles. The molecule has 0 saturated carbocycles. The van der Waals surface area contributed by atoms with Gasteiger partial charge in [0.2, 0.25) is 0 Å². The first-order valence-electron chi connectivity index (χ1n) is 6.88. The fourth-order valence-corrected chi connectivity index (χ4v) is 2.58. The molecule has 3 heterocycles. The molecule has 8 nitrogen and oxygen atoms in total. The van der Waals surface area contributed by atoms with Crippen LogP contribution in [0.2, 0.25) is 0 Å². The van der Waals surface area contributed by atoms with Gasteiger partial charge in [-0.15, -0.1) is 0 Å². The molecule has 0 atom stereocenters. The summed E-state index contributed by atoms with van der Waals surface area (Å²) in [6, 6.07) is 1.84. The summed E-state index contributed by atoms with van der Waals surface area (Å²) in [5.41, 5.74) is 5.95. The first kappa shape index (κ1) is 13.1. The molecule has 0 amide bonds. The van der Waals surface area contributed by atoms with Crippen LogP contribution in [0.25, 0.3) is 5.65 Å². The average Bonchev–Trinajstić information content (AvgIpc) is 2.69. The van der Waals surface area contributed by atoms with Crippen LogP contribution in [-0.4, -0.2) is 63.8 Å². The maximum absolute atomic E-state index is 11.4. The van der Waals surface area contributed by atoms with Crippen LogP contribution in [0.3, 0.4) is 0 Å². The topological polar surface area (TPSA) is 95.5 Å². The SMILES string of the molecule is NCCN1CCCN(c2cc3n[nH]c(=O)n3cn2)CC1. The van der Waals surface area contributed by atoms with Gasteiger partial charge in [-0.1, -0.05) is 0 Å². The van der Waals surface area contributed by atoms with Crippen molar-refractivity contribution < 1.29 is 0 Å². The molecule has 2 aromatic rings. The van der Waals surface area contributed by atoms with Gasteiger partial charge in [0.25, 0.3) is 0 Å². The van der Waals surface area contributed by atoms with Crippen molar-refractivity contribution in [2.24, 2.45) is 5.73 Å². The number of aromatic nitrogens is 4. The molecule has 1 aliphatic rings. The highest BCUT2D eigenvalue weighted by Gasteiger charge is 2.16. The fraction of sp³-hybridized carbons (Fsp3) is 0.583. The second kappa shape index (κ2) is 5.59. The minimum absolute atomic E-state index is 0.260. The van der Waals surface area contributed by atoms with Crippen molar-refractivity contribution >= 4 is 11.5 Å². The third kappa shape index (κ3) is 2.52. The number of nitrogens with two attached hydrogens (primary N) is 1. The van der Waals surface area contributed by atoms with E-state index >= 15 is 0 Å². The van der Waals surface area contributed by atoms with Crippen molar-refractivity contribution in [3.8, 4) is 0 Å². The molecule has 1 aliphatic heterocycles. The van der Waals surface area contributed by atoms with E-state index in [-0.39, 0.29) is 5.69 Å². The summed E-state index contributed by atoms with van der Waals surface area (Å²) >= 11 is 0.